The smallest absolute Gasteiger partial charge is 0.288 e. The molecule has 0 aliphatic rings. The molecule has 1 amide bonds. The van der Waals surface area contributed by atoms with Gasteiger partial charge >= 0.3 is 0 Å². The largest absolute Gasteiger partial charge is 0.394 e. The van der Waals surface area contributed by atoms with Gasteiger partial charge in [0.1, 0.15) is 5.02 Å². The molecule has 0 unspecified atom stereocenters. The molecular formula is C11H13ClN2O5. The van der Waals surface area contributed by atoms with E-state index in [4.69, 9.17) is 21.4 Å². The minimum Gasteiger partial charge on any atom is -0.394 e. The maximum atomic E-state index is 11.7. The maximum absolute atomic E-state index is 11.7. The van der Waals surface area contributed by atoms with Crippen LogP contribution in [-0.2, 0) is 4.74 Å². The zero-order valence-electron chi connectivity index (χ0n) is 9.97. The molecule has 0 saturated heterocycles. The van der Waals surface area contributed by atoms with Gasteiger partial charge in [-0.15, -0.1) is 0 Å². The summed E-state index contributed by atoms with van der Waals surface area (Å²) >= 11 is 5.64. The van der Waals surface area contributed by atoms with E-state index >= 15 is 0 Å². The number of ether oxygens (including phenoxy) is 1. The molecule has 0 atom stereocenters. The first-order chi connectivity index (χ1) is 9.06. The second kappa shape index (κ2) is 7.67. The number of carbonyl (C=O) groups excluding carboxylic acids is 1. The number of nitro benzene ring substituents is 1. The molecule has 0 saturated carbocycles. The number of hydrogen-bond acceptors (Lipinski definition) is 5. The first-order valence-corrected chi connectivity index (χ1v) is 5.84. The number of amides is 1. The predicted molar refractivity (Wildman–Crippen MR) is 68.3 cm³/mol. The van der Waals surface area contributed by atoms with Crippen molar-refractivity contribution in [3.05, 3.63) is 38.9 Å². The molecule has 1 rings (SSSR count). The Hall–Kier alpha value is -1.70. The zero-order valence-corrected chi connectivity index (χ0v) is 10.7. The number of halogens is 1. The molecule has 8 heteroatoms. The topological polar surface area (TPSA) is 102 Å². The van der Waals surface area contributed by atoms with Crippen LogP contribution in [0.4, 0.5) is 5.69 Å². The molecule has 0 heterocycles. The average Bonchev–Trinajstić information content (AvgIpc) is 2.38. The summed E-state index contributed by atoms with van der Waals surface area (Å²) in [4.78, 5) is 21.7. The van der Waals surface area contributed by atoms with E-state index in [1.54, 1.807) is 0 Å². The van der Waals surface area contributed by atoms with Crippen molar-refractivity contribution in [2.45, 2.75) is 0 Å². The lowest BCUT2D eigenvalue weighted by Crippen LogP contribution is -2.27. The van der Waals surface area contributed by atoms with Gasteiger partial charge in [0.05, 0.1) is 24.7 Å². The Labute approximate surface area is 114 Å². The molecule has 0 aliphatic heterocycles. The molecule has 104 valence electrons. The molecule has 19 heavy (non-hydrogen) atoms. The fraction of sp³-hybridized carbons (Fsp3) is 0.364. The number of hydrogen-bond donors (Lipinski definition) is 2. The van der Waals surface area contributed by atoms with Gasteiger partial charge in [-0.3, -0.25) is 14.9 Å². The Morgan fingerprint density at radius 2 is 2.21 bits per heavy atom. The maximum Gasteiger partial charge on any atom is 0.288 e. The van der Waals surface area contributed by atoms with Gasteiger partial charge in [0.25, 0.3) is 11.6 Å². The van der Waals surface area contributed by atoms with Crippen molar-refractivity contribution in [3.8, 4) is 0 Å². The van der Waals surface area contributed by atoms with Crippen LogP contribution in [0.15, 0.2) is 18.2 Å². The molecule has 0 aromatic heterocycles. The number of rotatable bonds is 7. The van der Waals surface area contributed by atoms with E-state index in [0.717, 1.165) is 6.07 Å². The van der Waals surface area contributed by atoms with Crippen molar-refractivity contribution in [2.24, 2.45) is 0 Å². The van der Waals surface area contributed by atoms with Crippen LogP contribution in [0.2, 0.25) is 5.02 Å². The van der Waals surface area contributed by atoms with Gasteiger partial charge in [-0.1, -0.05) is 11.6 Å². The first kappa shape index (κ1) is 15.4. The lowest BCUT2D eigenvalue weighted by atomic mass is 10.2. The lowest BCUT2D eigenvalue weighted by Gasteiger charge is -2.06. The normalized spacial score (nSPS) is 10.2. The summed E-state index contributed by atoms with van der Waals surface area (Å²) in [5.74, 6) is -0.452. The Morgan fingerprint density at radius 3 is 2.84 bits per heavy atom. The quantitative estimate of drug-likeness (QED) is 0.442. The molecule has 2 N–H and O–H groups in total. The third kappa shape index (κ3) is 4.82. The van der Waals surface area contributed by atoms with E-state index in [-0.39, 0.29) is 42.6 Å². The van der Waals surface area contributed by atoms with Gasteiger partial charge in [-0.2, -0.15) is 0 Å². The predicted octanol–water partition coefficient (Wildman–Crippen LogP) is 0.987. The SMILES string of the molecule is O=C(NCCOCCO)c1ccc(Cl)c([N+](=O)[O-])c1. The Kier molecular flexibility index (Phi) is 6.20. The van der Waals surface area contributed by atoms with E-state index in [9.17, 15) is 14.9 Å². The number of nitrogens with zero attached hydrogens (tertiary/aromatic N) is 1. The van der Waals surface area contributed by atoms with Crippen molar-refractivity contribution >= 4 is 23.2 Å². The monoisotopic (exact) mass is 288 g/mol. The number of aliphatic hydroxyl groups is 1. The van der Waals surface area contributed by atoms with Gasteiger partial charge < -0.3 is 15.2 Å². The first-order valence-electron chi connectivity index (χ1n) is 5.47. The third-order valence-electron chi connectivity index (χ3n) is 2.17. The van der Waals surface area contributed by atoms with E-state index in [2.05, 4.69) is 5.32 Å². The Balaban J connectivity index is 2.57. The van der Waals surface area contributed by atoms with Crippen molar-refractivity contribution in [3.63, 3.8) is 0 Å². The highest BCUT2D eigenvalue weighted by Gasteiger charge is 2.15. The van der Waals surface area contributed by atoms with Crippen molar-refractivity contribution in [1.29, 1.82) is 0 Å². The summed E-state index contributed by atoms with van der Waals surface area (Å²) in [6.07, 6.45) is 0. The van der Waals surface area contributed by atoms with Crippen molar-refractivity contribution < 1.29 is 19.6 Å². The van der Waals surface area contributed by atoms with Gasteiger partial charge in [0.15, 0.2) is 0 Å². The third-order valence-corrected chi connectivity index (χ3v) is 2.49. The van der Waals surface area contributed by atoms with Crippen LogP contribution in [0.25, 0.3) is 0 Å². The summed E-state index contributed by atoms with van der Waals surface area (Å²) in [6, 6.07) is 3.82. The van der Waals surface area contributed by atoms with E-state index in [1.807, 2.05) is 0 Å². The molecule has 0 radical (unpaired) electrons. The lowest BCUT2D eigenvalue weighted by molar-refractivity contribution is -0.384. The number of aliphatic hydroxyl groups excluding tert-OH is 1. The highest BCUT2D eigenvalue weighted by Crippen LogP contribution is 2.24. The van der Waals surface area contributed by atoms with Crippen molar-refractivity contribution in [1.82, 2.24) is 5.32 Å². The average molecular weight is 289 g/mol. The van der Waals surface area contributed by atoms with Crippen LogP contribution in [0.5, 0.6) is 0 Å². The summed E-state index contributed by atoms with van der Waals surface area (Å²) < 4.78 is 4.96. The number of carbonyl (C=O) groups is 1. The van der Waals surface area contributed by atoms with Gasteiger partial charge in [0, 0.05) is 18.2 Å². The Bertz CT molecular complexity index is 466. The molecule has 0 bridgehead atoms. The van der Waals surface area contributed by atoms with Crippen molar-refractivity contribution in [2.75, 3.05) is 26.4 Å². The highest BCUT2D eigenvalue weighted by atomic mass is 35.5. The minimum absolute atomic E-state index is 0.0205. The number of benzene rings is 1. The fourth-order valence-electron chi connectivity index (χ4n) is 1.30. The highest BCUT2D eigenvalue weighted by molar-refractivity contribution is 6.32. The second-order valence-corrected chi connectivity index (χ2v) is 3.92. The molecule has 1 aromatic rings. The van der Waals surface area contributed by atoms with Crippen LogP contribution in [0, 0.1) is 10.1 Å². The summed E-state index contributed by atoms with van der Waals surface area (Å²) in [6.45, 7) is 0.608. The van der Waals surface area contributed by atoms with Gasteiger partial charge in [0.2, 0.25) is 0 Å². The van der Waals surface area contributed by atoms with Crippen LogP contribution in [-0.4, -0.2) is 42.3 Å². The van der Waals surface area contributed by atoms with E-state index in [0.29, 0.717) is 0 Å². The van der Waals surface area contributed by atoms with Crippen LogP contribution in [0.3, 0.4) is 0 Å². The van der Waals surface area contributed by atoms with Crippen LogP contribution in [0.1, 0.15) is 10.4 Å². The number of nitro groups is 1. The molecule has 0 spiro atoms. The molecule has 0 fully saturated rings. The fourth-order valence-corrected chi connectivity index (χ4v) is 1.49. The molecular weight excluding hydrogens is 276 g/mol. The summed E-state index contributed by atoms with van der Waals surface area (Å²) in [5.41, 5.74) is -0.163. The van der Waals surface area contributed by atoms with E-state index < -0.39 is 10.8 Å². The Morgan fingerprint density at radius 1 is 1.47 bits per heavy atom. The number of nitrogens with one attached hydrogen (secondary N) is 1. The summed E-state index contributed by atoms with van der Waals surface area (Å²) in [5, 5.41) is 21.7. The van der Waals surface area contributed by atoms with E-state index in [1.165, 1.54) is 12.1 Å². The van der Waals surface area contributed by atoms with Gasteiger partial charge in [-0.05, 0) is 12.1 Å². The molecule has 0 aliphatic carbocycles. The van der Waals surface area contributed by atoms with Crippen LogP contribution >= 0.6 is 11.6 Å². The zero-order chi connectivity index (χ0) is 14.3. The van der Waals surface area contributed by atoms with Crippen LogP contribution < -0.4 is 5.32 Å². The second-order valence-electron chi connectivity index (χ2n) is 3.52. The summed E-state index contributed by atoms with van der Waals surface area (Å²) in [7, 11) is 0. The molecule has 1 aromatic carbocycles. The van der Waals surface area contributed by atoms with Gasteiger partial charge in [-0.25, -0.2) is 0 Å². The standard InChI is InChI=1S/C11H13ClN2O5/c12-9-2-1-8(7-10(9)14(17)18)11(16)13-3-5-19-6-4-15/h1-2,7,15H,3-6H2,(H,13,16). The minimum atomic E-state index is -0.649. The molecule has 7 nitrogen and oxygen atoms in total.